The maximum Gasteiger partial charge on any atom is 0.236 e. The summed E-state index contributed by atoms with van der Waals surface area (Å²) in [5.74, 6) is 0.601. The molecule has 0 spiro atoms. The molecule has 2 saturated heterocycles. The van der Waals surface area contributed by atoms with Crippen LogP contribution in [-0.4, -0.2) is 71.6 Å². The Labute approximate surface area is 166 Å². The van der Waals surface area contributed by atoms with Crippen LogP contribution in [-0.2, 0) is 9.53 Å². The van der Waals surface area contributed by atoms with Gasteiger partial charge in [0, 0.05) is 43.9 Å². The Balaban J connectivity index is 1.37. The van der Waals surface area contributed by atoms with Crippen molar-refractivity contribution in [3.05, 3.63) is 47.9 Å². The Bertz CT molecular complexity index is 812. The number of hydrogen-bond donors (Lipinski definition) is 0. The van der Waals surface area contributed by atoms with Gasteiger partial charge in [-0.05, 0) is 25.3 Å². The number of hydrogen-bond acceptors (Lipinski definition) is 5. The molecular formula is C22H28N4O2. The van der Waals surface area contributed by atoms with Crippen LogP contribution >= 0.6 is 0 Å². The maximum atomic E-state index is 12.6. The van der Waals surface area contributed by atoms with Gasteiger partial charge in [-0.25, -0.2) is 4.98 Å². The zero-order chi connectivity index (χ0) is 19.3. The van der Waals surface area contributed by atoms with E-state index in [2.05, 4.69) is 28.9 Å². The number of nitrogens with zero attached hydrogens (tertiary/aromatic N) is 4. The van der Waals surface area contributed by atoms with E-state index in [1.165, 1.54) is 5.56 Å². The zero-order valence-electron chi connectivity index (χ0n) is 16.5. The molecule has 1 aromatic carbocycles. The molecule has 2 aliphatic rings. The SMILES string of the molecule is Cc1ccccc1-c1cncc(C2CCN(C(=O)CN3CCOCC3)CC2)n1. The highest BCUT2D eigenvalue weighted by Crippen LogP contribution is 2.28. The van der Waals surface area contributed by atoms with E-state index in [1.54, 1.807) is 0 Å². The summed E-state index contributed by atoms with van der Waals surface area (Å²) in [5, 5.41) is 0. The highest BCUT2D eigenvalue weighted by atomic mass is 16.5. The Kier molecular flexibility index (Phi) is 5.98. The summed E-state index contributed by atoms with van der Waals surface area (Å²) in [6.45, 7) is 7.36. The van der Waals surface area contributed by atoms with Crippen molar-refractivity contribution in [2.24, 2.45) is 0 Å². The monoisotopic (exact) mass is 380 g/mol. The number of aromatic nitrogens is 2. The van der Waals surface area contributed by atoms with Crippen LogP contribution in [0.25, 0.3) is 11.3 Å². The van der Waals surface area contributed by atoms with Crippen LogP contribution < -0.4 is 0 Å². The number of aryl methyl sites for hydroxylation is 1. The first kappa shape index (κ1) is 19.0. The van der Waals surface area contributed by atoms with Gasteiger partial charge in [-0.2, -0.15) is 0 Å². The lowest BCUT2D eigenvalue weighted by Gasteiger charge is -2.34. The van der Waals surface area contributed by atoms with Gasteiger partial charge in [0.1, 0.15) is 0 Å². The molecule has 1 aromatic heterocycles. The second-order valence-corrected chi connectivity index (χ2v) is 7.69. The molecule has 4 rings (SSSR count). The van der Waals surface area contributed by atoms with Crippen LogP contribution in [0.15, 0.2) is 36.7 Å². The third-order valence-electron chi connectivity index (χ3n) is 5.80. The van der Waals surface area contributed by atoms with Crippen LogP contribution in [0.3, 0.4) is 0 Å². The van der Waals surface area contributed by atoms with Crippen LogP contribution in [0, 0.1) is 6.92 Å². The highest BCUT2D eigenvalue weighted by molar-refractivity contribution is 5.78. The van der Waals surface area contributed by atoms with Gasteiger partial charge in [-0.1, -0.05) is 24.3 Å². The molecule has 3 heterocycles. The fourth-order valence-electron chi connectivity index (χ4n) is 4.04. The Morgan fingerprint density at radius 3 is 2.61 bits per heavy atom. The van der Waals surface area contributed by atoms with Crippen LogP contribution in [0.2, 0.25) is 0 Å². The lowest BCUT2D eigenvalue weighted by atomic mass is 9.93. The molecule has 0 radical (unpaired) electrons. The Hall–Kier alpha value is -2.31. The molecule has 2 fully saturated rings. The number of carbonyl (C=O) groups is 1. The number of rotatable bonds is 4. The van der Waals surface area contributed by atoms with E-state index < -0.39 is 0 Å². The third-order valence-corrected chi connectivity index (χ3v) is 5.80. The molecule has 28 heavy (non-hydrogen) atoms. The van der Waals surface area contributed by atoms with Crippen molar-refractivity contribution >= 4 is 5.91 Å². The van der Waals surface area contributed by atoms with Gasteiger partial charge in [0.2, 0.25) is 5.91 Å². The van der Waals surface area contributed by atoms with Crippen molar-refractivity contribution in [1.29, 1.82) is 0 Å². The first-order chi connectivity index (χ1) is 13.7. The Morgan fingerprint density at radius 2 is 1.86 bits per heavy atom. The summed E-state index contributed by atoms with van der Waals surface area (Å²) in [6.07, 6.45) is 5.62. The molecule has 0 aliphatic carbocycles. The molecule has 1 amide bonds. The van der Waals surface area contributed by atoms with Crippen LogP contribution in [0.5, 0.6) is 0 Å². The average Bonchev–Trinajstić information content (AvgIpc) is 2.75. The van der Waals surface area contributed by atoms with Gasteiger partial charge in [0.15, 0.2) is 0 Å². The van der Waals surface area contributed by atoms with Gasteiger partial charge < -0.3 is 9.64 Å². The van der Waals surface area contributed by atoms with E-state index in [1.807, 2.05) is 29.4 Å². The summed E-state index contributed by atoms with van der Waals surface area (Å²) in [7, 11) is 0. The number of carbonyl (C=O) groups excluding carboxylic acids is 1. The zero-order valence-corrected chi connectivity index (χ0v) is 16.5. The molecular weight excluding hydrogens is 352 g/mol. The summed E-state index contributed by atoms with van der Waals surface area (Å²) in [4.78, 5) is 26.1. The topological polar surface area (TPSA) is 58.6 Å². The minimum atomic E-state index is 0.236. The van der Waals surface area contributed by atoms with E-state index in [9.17, 15) is 4.79 Å². The van der Waals surface area contributed by atoms with Gasteiger partial charge >= 0.3 is 0 Å². The smallest absolute Gasteiger partial charge is 0.236 e. The molecule has 2 aliphatic heterocycles. The number of piperidine rings is 1. The van der Waals surface area contributed by atoms with Crippen molar-refractivity contribution < 1.29 is 9.53 Å². The first-order valence-electron chi connectivity index (χ1n) is 10.2. The summed E-state index contributed by atoms with van der Waals surface area (Å²) >= 11 is 0. The van der Waals surface area contributed by atoms with Crippen molar-refractivity contribution in [2.75, 3.05) is 45.9 Å². The second kappa shape index (κ2) is 8.80. The van der Waals surface area contributed by atoms with E-state index in [0.717, 1.165) is 69.2 Å². The maximum absolute atomic E-state index is 12.6. The van der Waals surface area contributed by atoms with Crippen LogP contribution in [0.4, 0.5) is 0 Å². The van der Waals surface area contributed by atoms with E-state index in [4.69, 9.17) is 9.72 Å². The van der Waals surface area contributed by atoms with Crippen molar-refractivity contribution in [3.8, 4) is 11.3 Å². The van der Waals surface area contributed by atoms with E-state index >= 15 is 0 Å². The molecule has 6 heteroatoms. The number of morpholine rings is 1. The number of amides is 1. The minimum Gasteiger partial charge on any atom is -0.379 e. The highest BCUT2D eigenvalue weighted by Gasteiger charge is 2.26. The van der Waals surface area contributed by atoms with Crippen LogP contribution in [0.1, 0.15) is 30.0 Å². The summed E-state index contributed by atoms with van der Waals surface area (Å²) in [6, 6.07) is 8.27. The number of likely N-dealkylation sites (tertiary alicyclic amines) is 1. The lowest BCUT2D eigenvalue weighted by molar-refractivity contribution is -0.134. The van der Waals surface area contributed by atoms with E-state index in [0.29, 0.717) is 12.5 Å². The number of benzene rings is 1. The fourth-order valence-corrected chi connectivity index (χ4v) is 4.04. The van der Waals surface area contributed by atoms with Gasteiger partial charge in [-0.15, -0.1) is 0 Å². The molecule has 0 bridgehead atoms. The average molecular weight is 380 g/mol. The molecule has 0 N–H and O–H groups in total. The van der Waals surface area contributed by atoms with Crippen molar-refractivity contribution in [2.45, 2.75) is 25.7 Å². The summed E-state index contributed by atoms with van der Waals surface area (Å²) < 4.78 is 5.36. The predicted molar refractivity (Wildman–Crippen MR) is 108 cm³/mol. The Morgan fingerprint density at radius 1 is 1.11 bits per heavy atom. The lowest BCUT2D eigenvalue weighted by Crippen LogP contribution is -2.46. The number of ether oxygens (including phenoxy) is 1. The van der Waals surface area contributed by atoms with Gasteiger partial charge in [-0.3, -0.25) is 14.7 Å². The first-order valence-corrected chi connectivity index (χ1v) is 10.2. The second-order valence-electron chi connectivity index (χ2n) is 7.69. The van der Waals surface area contributed by atoms with Crippen molar-refractivity contribution in [1.82, 2.24) is 19.8 Å². The fraction of sp³-hybridized carbons (Fsp3) is 0.500. The summed E-state index contributed by atoms with van der Waals surface area (Å²) in [5.41, 5.74) is 4.31. The standard InChI is InChI=1S/C22H28N4O2/c1-17-4-2-3-5-19(17)21-15-23-14-20(24-21)18-6-8-26(9-7-18)22(27)16-25-10-12-28-13-11-25/h2-5,14-15,18H,6-13,16H2,1H3. The van der Waals surface area contributed by atoms with Gasteiger partial charge in [0.25, 0.3) is 0 Å². The minimum absolute atomic E-state index is 0.236. The molecule has 2 aromatic rings. The molecule has 0 atom stereocenters. The van der Waals surface area contributed by atoms with Crippen molar-refractivity contribution in [3.63, 3.8) is 0 Å². The predicted octanol–water partition coefficient (Wildman–Crippen LogP) is 2.49. The molecule has 6 nitrogen and oxygen atoms in total. The molecule has 0 unspecified atom stereocenters. The third kappa shape index (κ3) is 4.39. The van der Waals surface area contributed by atoms with Gasteiger partial charge in [0.05, 0.1) is 37.3 Å². The largest absolute Gasteiger partial charge is 0.379 e. The van der Waals surface area contributed by atoms with E-state index in [-0.39, 0.29) is 5.91 Å². The quantitative estimate of drug-likeness (QED) is 0.816. The molecule has 0 saturated carbocycles. The molecule has 148 valence electrons. The normalized spacial score (nSPS) is 19.0.